The van der Waals surface area contributed by atoms with Crippen LogP contribution in [-0.4, -0.2) is 46.1 Å². The first-order chi connectivity index (χ1) is 6.47. The van der Waals surface area contributed by atoms with Crippen LogP contribution in [0.5, 0.6) is 0 Å². The molecule has 0 aliphatic rings. The van der Waals surface area contributed by atoms with Gasteiger partial charge in [0.15, 0.2) is 0 Å². The van der Waals surface area contributed by atoms with Crippen LogP contribution in [0.4, 0.5) is 0 Å². The Morgan fingerprint density at radius 2 is 2.00 bits per heavy atom. The van der Waals surface area contributed by atoms with Crippen LogP contribution in [0.3, 0.4) is 0 Å². The fourth-order valence-electron chi connectivity index (χ4n) is 0.798. The lowest BCUT2D eigenvalue weighted by Gasteiger charge is -2.12. The highest BCUT2D eigenvalue weighted by Crippen LogP contribution is 2.02. The molecule has 0 aromatic heterocycles. The molecule has 0 amide bonds. The van der Waals surface area contributed by atoms with Crippen molar-refractivity contribution in [2.75, 3.05) is 6.61 Å². The van der Waals surface area contributed by atoms with Gasteiger partial charge in [0, 0.05) is 13.0 Å². The summed E-state index contributed by atoms with van der Waals surface area (Å²) in [4.78, 5) is 21.4. The minimum absolute atomic E-state index is 0.152. The number of rotatable bonds is 6. The Kier molecular flexibility index (Phi) is 5.82. The van der Waals surface area contributed by atoms with Gasteiger partial charge in [0.05, 0.1) is 12.5 Å². The van der Waals surface area contributed by atoms with Crippen molar-refractivity contribution in [2.24, 2.45) is 0 Å². The van der Waals surface area contributed by atoms with E-state index >= 15 is 0 Å². The monoisotopic (exact) mass is 206 g/mol. The third-order valence-electron chi connectivity index (χ3n) is 1.40. The molecule has 3 N–H and O–H groups in total. The van der Waals surface area contributed by atoms with Gasteiger partial charge >= 0.3 is 11.9 Å². The Balaban J connectivity index is 4.02. The first-order valence-corrected chi connectivity index (χ1v) is 4.18. The third-order valence-corrected chi connectivity index (χ3v) is 1.40. The Morgan fingerprint density at radius 1 is 1.43 bits per heavy atom. The maximum absolute atomic E-state index is 10.9. The van der Waals surface area contributed by atoms with Gasteiger partial charge in [-0.1, -0.05) is 0 Å². The Morgan fingerprint density at radius 3 is 2.36 bits per heavy atom. The number of carbonyl (C=O) groups excluding carboxylic acids is 1. The third kappa shape index (κ3) is 5.50. The topological polar surface area (TPSA) is 104 Å². The van der Waals surface area contributed by atoms with Crippen LogP contribution < -0.4 is 0 Å². The molecule has 0 heterocycles. The van der Waals surface area contributed by atoms with E-state index in [4.69, 9.17) is 15.3 Å². The molecular formula is C8H14O6. The van der Waals surface area contributed by atoms with E-state index in [1.165, 1.54) is 6.92 Å². The first-order valence-electron chi connectivity index (χ1n) is 4.18. The fourth-order valence-corrected chi connectivity index (χ4v) is 0.798. The van der Waals surface area contributed by atoms with Crippen LogP contribution in [0.25, 0.3) is 0 Å². The Bertz CT molecular complexity index is 200. The van der Waals surface area contributed by atoms with Crippen LogP contribution in [0.1, 0.15) is 19.8 Å². The minimum Gasteiger partial charge on any atom is -0.479 e. The van der Waals surface area contributed by atoms with Gasteiger partial charge in [-0.25, -0.2) is 4.79 Å². The second-order valence-corrected chi connectivity index (χ2v) is 2.88. The number of aliphatic hydroxyl groups is 2. The minimum atomic E-state index is -1.34. The molecule has 2 atom stereocenters. The lowest BCUT2D eigenvalue weighted by atomic mass is 10.2. The van der Waals surface area contributed by atoms with Crippen molar-refractivity contribution >= 4 is 11.9 Å². The Hall–Kier alpha value is -1.14. The van der Waals surface area contributed by atoms with Crippen molar-refractivity contribution < 1.29 is 29.6 Å². The van der Waals surface area contributed by atoms with Gasteiger partial charge in [0.1, 0.15) is 0 Å². The van der Waals surface area contributed by atoms with Crippen LogP contribution in [0.2, 0.25) is 0 Å². The van der Waals surface area contributed by atoms with Crippen molar-refractivity contribution in [3.05, 3.63) is 0 Å². The van der Waals surface area contributed by atoms with Crippen LogP contribution in [-0.2, 0) is 14.3 Å². The number of aliphatic hydroxyl groups excluding tert-OH is 2. The summed E-state index contributed by atoms with van der Waals surface area (Å²) in [5.74, 6) is -2.10. The number of carboxylic acid groups (broad SMARTS) is 1. The molecule has 0 fully saturated rings. The van der Waals surface area contributed by atoms with Gasteiger partial charge in [0.25, 0.3) is 0 Å². The fraction of sp³-hybridized carbons (Fsp3) is 0.750. The Labute approximate surface area is 81.1 Å². The van der Waals surface area contributed by atoms with Crippen molar-refractivity contribution in [1.82, 2.24) is 0 Å². The van der Waals surface area contributed by atoms with Crippen LogP contribution in [0.15, 0.2) is 0 Å². The summed E-state index contributed by atoms with van der Waals surface area (Å²) in [6.45, 7) is 1.02. The zero-order chi connectivity index (χ0) is 11.1. The van der Waals surface area contributed by atoms with Gasteiger partial charge < -0.3 is 20.1 Å². The van der Waals surface area contributed by atoms with Gasteiger partial charge in [-0.3, -0.25) is 4.79 Å². The lowest BCUT2D eigenvalue weighted by molar-refractivity contribution is -0.166. The second kappa shape index (κ2) is 6.33. The number of carboxylic acids is 1. The number of carbonyl (C=O) groups is 2. The molecule has 2 unspecified atom stereocenters. The van der Waals surface area contributed by atoms with Gasteiger partial charge in [-0.15, -0.1) is 0 Å². The molecule has 0 rings (SSSR count). The van der Waals surface area contributed by atoms with E-state index in [9.17, 15) is 9.59 Å². The van der Waals surface area contributed by atoms with Gasteiger partial charge in [-0.2, -0.15) is 0 Å². The summed E-state index contributed by atoms with van der Waals surface area (Å²) in [5, 5.41) is 25.8. The number of hydrogen-bond acceptors (Lipinski definition) is 5. The van der Waals surface area contributed by atoms with Crippen molar-refractivity contribution in [3.8, 4) is 0 Å². The summed E-state index contributed by atoms with van der Waals surface area (Å²) in [6.07, 6.45) is -2.62. The normalized spacial score (nSPS) is 14.5. The van der Waals surface area contributed by atoms with E-state index in [0.717, 1.165) is 0 Å². The van der Waals surface area contributed by atoms with E-state index in [1.54, 1.807) is 0 Å². The maximum atomic E-state index is 10.9. The van der Waals surface area contributed by atoms with E-state index in [-0.39, 0.29) is 19.4 Å². The zero-order valence-electron chi connectivity index (χ0n) is 7.84. The maximum Gasteiger partial charge on any atom is 0.345 e. The van der Waals surface area contributed by atoms with Crippen LogP contribution >= 0.6 is 0 Å². The molecule has 14 heavy (non-hydrogen) atoms. The van der Waals surface area contributed by atoms with E-state index in [2.05, 4.69) is 4.74 Å². The molecule has 0 aliphatic carbocycles. The lowest BCUT2D eigenvalue weighted by Crippen LogP contribution is -2.29. The molecule has 82 valence electrons. The highest BCUT2D eigenvalue weighted by atomic mass is 16.6. The molecule has 0 aliphatic heterocycles. The molecule has 0 spiro atoms. The molecule has 0 aromatic carbocycles. The van der Waals surface area contributed by atoms with Crippen molar-refractivity contribution in [2.45, 2.75) is 32.0 Å². The molecule has 0 radical (unpaired) electrons. The molecule has 0 bridgehead atoms. The molecule has 6 nitrogen and oxygen atoms in total. The molecular weight excluding hydrogens is 192 g/mol. The SMILES string of the molecule is CC(O)CC(=O)OC(CCO)C(=O)O. The summed E-state index contributed by atoms with van der Waals surface area (Å²) in [6, 6.07) is 0. The number of esters is 1. The second-order valence-electron chi connectivity index (χ2n) is 2.88. The highest BCUT2D eigenvalue weighted by Gasteiger charge is 2.21. The van der Waals surface area contributed by atoms with Gasteiger partial charge in [-0.05, 0) is 6.92 Å². The molecule has 6 heteroatoms. The highest BCUT2D eigenvalue weighted by molar-refractivity contribution is 5.78. The van der Waals surface area contributed by atoms with Crippen molar-refractivity contribution in [3.63, 3.8) is 0 Å². The predicted molar refractivity (Wildman–Crippen MR) is 45.5 cm³/mol. The number of aliphatic carboxylic acids is 1. The number of ether oxygens (including phenoxy) is 1. The zero-order valence-corrected chi connectivity index (χ0v) is 7.84. The van der Waals surface area contributed by atoms with Crippen molar-refractivity contribution in [1.29, 1.82) is 0 Å². The summed E-state index contributed by atoms with van der Waals surface area (Å²) >= 11 is 0. The van der Waals surface area contributed by atoms with E-state index in [1.807, 2.05) is 0 Å². The van der Waals surface area contributed by atoms with Crippen LogP contribution in [0, 0.1) is 0 Å². The van der Waals surface area contributed by atoms with E-state index < -0.39 is 24.1 Å². The van der Waals surface area contributed by atoms with Gasteiger partial charge in [0.2, 0.25) is 6.10 Å². The largest absolute Gasteiger partial charge is 0.479 e. The molecule has 0 aromatic rings. The van der Waals surface area contributed by atoms with E-state index in [0.29, 0.717) is 0 Å². The molecule has 0 saturated carbocycles. The quantitative estimate of drug-likeness (QED) is 0.488. The first kappa shape index (κ1) is 12.9. The average Bonchev–Trinajstić information content (AvgIpc) is 2.01. The summed E-state index contributed by atoms with van der Waals surface area (Å²) < 4.78 is 4.50. The molecule has 0 saturated heterocycles. The summed E-state index contributed by atoms with van der Waals surface area (Å²) in [7, 11) is 0. The number of hydrogen-bond donors (Lipinski definition) is 3. The summed E-state index contributed by atoms with van der Waals surface area (Å²) in [5.41, 5.74) is 0. The average molecular weight is 206 g/mol. The standard InChI is InChI=1S/C8H14O6/c1-5(10)4-7(11)14-6(2-3-9)8(12)13/h5-6,9-10H,2-4H2,1H3,(H,12,13). The smallest absolute Gasteiger partial charge is 0.345 e. The predicted octanol–water partition coefficient (Wildman–Crippen LogP) is -0.864.